The van der Waals surface area contributed by atoms with Gasteiger partial charge >= 0.3 is 6.03 Å². The largest absolute Gasteiger partial charge is 0.381 e. The molecule has 182 valence electrons. The summed E-state index contributed by atoms with van der Waals surface area (Å²) in [7, 11) is 0. The van der Waals surface area contributed by atoms with Crippen molar-refractivity contribution in [1.29, 1.82) is 0 Å². The fourth-order valence-corrected chi connectivity index (χ4v) is 6.59. The van der Waals surface area contributed by atoms with Crippen LogP contribution in [0.4, 0.5) is 10.5 Å². The Morgan fingerprint density at radius 1 is 1.09 bits per heavy atom. The van der Waals surface area contributed by atoms with Gasteiger partial charge < -0.3 is 20.9 Å². The highest BCUT2D eigenvalue weighted by Crippen LogP contribution is 2.49. The third-order valence-electron chi connectivity index (χ3n) is 8.09. The van der Waals surface area contributed by atoms with Crippen LogP contribution in [0.3, 0.4) is 0 Å². The zero-order valence-electron chi connectivity index (χ0n) is 20.4. The van der Waals surface area contributed by atoms with Gasteiger partial charge in [0.05, 0.1) is 12.0 Å². The van der Waals surface area contributed by atoms with E-state index in [4.69, 9.17) is 0 Å². The molecular formula is C28H38N4O2. The number of carbonyl (C=O) groups excluding carboxylic acids is 2. The summed E-state index contributed by atoms with van der Waals surface area (Å²) in [4.78, 5) is 28.7. The predicted molar refractivity (Wildman–Crippen MR) is 135 cm³/mol. The highest BCUT2D eigenvalue weighted by Gasteiger charge is 2.49. The third-order valence-corrected chi connectivity index (χ3v) is 8.09. The molecule has 34 heavy (non-hydrogen) atoms. The Bertz CT molecular complexity index is 971. The van der Waals surface area contributed by atoms with E-state index >= 15 is 0 Å². The highest BCUT2D eigenvalue weighted by molar-refractivity contribution is 5.83. The maximum atomic E-state index is 14.1. The summed E-state index contributed by atoms with van der Waals surface area (Å²) < 4.78 is 0. The van der Waals surface area contributed by atoms with E-state index in [0.717, 1.165) is 50.8 Å². The van der Waals surface area contributed by atoms with Gasteiger partial charge in [-0.2, -0.15) is 0 Å². The number of para-hydroxylation sites is 1. The van der Waals surface area contributed by atoms with Gasteiger partial charge in [-0.3, -0.25) is 4.79 Å². The maximum Gasteiger partial charge on any atom is 0.315 e. The van der Waals surface area contributed by atoms with Crippen LogP contribution in [0.15, 0.2) is 48.6 Å². The number of allylic oxidation sites excluding steroid dienone is 3. The van der Waals surface area contributed by atoms with Crippen molar-refractivity contribution in [2.24, 2.45) is 17.8 Å². The first-order valence-corrected chi connectivity index (χ1v) is 13.1. The Kier molecular flexibility index (Phi) is 6.66. The normalized spacial score (nSPS) is 32.0. The summed E-state index contributed by atoms with van der Waals surface area (Å²) in [5.41, 5.74) is 2.40. The van der Waals surface area contributed by atoms with Crippen molar-refractivity contribution in [2.45, 2.75) is 76.5 Å². The van der Waals surface area contributed by atoms with Gasteiger partial charge in [-0.05, 0) is 51.2 Å². The van der Waals surface area contributed by atoms with Crippen LogP contribution in [0.1, 0.15) is 64.0 Å². The number of nitrogens with one attached hydrogen (secondary N) is 3. The number of anilines is 1. The van der Waals surface area contributed by atoms with Crippen molar-refractivity contribution in [3.63, 3.8) is 0 Å². The van der Waals surface area contributed by atoms with Crippen molar-refractivity contribution in [1.82, 2.24) is 15.5 Å². The Morgan fingerprint density at radius 3 is 2.71 bits per heavy atom. The minimum atomic E-state index is -0.164. The van der Waals surface area contributed by atoms with Crippen molar-refractivity contribution < 1.29 is 9.59 Å². The first kappa shape index (κ1) is 23.0. The molecule has 2 aliphatic heterocycles. The minimum absolute atomic E-state index is 0.0731. The number of hydrogen-bond acceptors (Lipinski definition) is 3. The van der Waals surface area contributed by atoms with E-state index < -0.39 is 0 Å². The van der Waals surface area contributed by atoms with Crippen molar-refractivity contribution >= 4 is 17.6 Å². The molecule has 5 rings (SSSR count). The van der Waals surface area contributed by atoms with Crippen molar-refractivity contribution in [2.75, 3.05) is 11.9 Å². The zero-order valence-corrected chi connectivity index (χ0v) is 20.4. The molecule has 1 saturated heterocycles. The average Bonchev–Trinajstić information content (AvgIpc) is 3.29. The van der Waals surface area contributed by atoms with Crippen LogP contribution in [0.25, 0.3) is 0 Å². The molecule has 1 saturated carbocycles. The lowest BCUT2D eigenvalue weighted by molar-refractivity contribution is -0.138. The van der Waals surface area contributed by atoms with Gasteiger partial charge in [0, 0.05) is 42.2 Å². The molecule has 2 heterocycles. The Morgan fingerprint density at radius 2 is 1.91 bits per heavy atom. The molecule has 0 spiro atoms. The van der Waals surface area contributed by atoms with Crippen molar-refractivity contribution in [3.8, 4) is 0 Å². The monoisotopic (exact) mass is 462 g/mol. The second-order valence-corrected chi connectivity index (χ2v) is 10.7. The topological polar surface area (TPSA) is 73.5 Å². The number of amides is 3. The molecule has 3 N–H and O–H groups in total. The lowest BCUT2D eigenvalue weighted by Gasteiger charge is -2.44. The summed E-state index contributed by atoms with van der Waals surface area (Å²) in [5, 5.41) is 9.90. The smallest absolute Gasteiger partial charge is 0.315 e. The molecule has 1 aromatic rings. The van der Waals surface area contributed by atoms with E-state index in [-0.39, 0.29) is 36.0 Å². The number of hydrogen-bond donors (Lipinski definition) is 3. The van der Waals surface area contributed by atoms with Gasteiger partial charge in [0.2, 0.25) is 5.91 Å². The molecule has 0 radical (unpaired) electrons. The van der Waals surface area contributed by atoms with Crippen LogP contribution in [-0.2, 0) is 4.79 Å². The van der Waals surface area contributed by atoms with Crippen LogP contribution >= 0.6 is 0 Å². The van der Waals surface area contributed by atoms with Gasteiger partial charge in [0.15, 0.2) is 0 Å². The van der Waals surface area contributed by atoms with Crippen LogP contribution in [0.5, 0.6) is 0 Å². The quantitative estimate of drug-likeness (QED) is 0.604. The molecule has 1 aromatic carbocycles. The predicted octanol–water partition coefficient (Wildman–Crippen LogP) is 4.77. The number of urea groups is 1. The Labute approximate surface area is 203 Å². The van der Waals surface area contributed by atoms with Gasteiger partial charge in [-0.1, -0.05) is 55.3 Å². The number of benzene rings is 1. The van der Waals surface area contributed by atoms with E-state index in [0.29, 0.717) is 17.9 Å². The highest BCUT2D eigenvalue weighted by atomic mass is 16.2. The first-order valence-electron chi connectivity index (χ1n) is 13.1. The lowest BCUT2D eigenvalue weighted by Crippen LogP contribution is -2.53. The van der Waals surface area contributed by atoms with Crippen LogP contribution in [0, 0.1) is 17.8 Å². The standard InChI is InChI=1S/C28H38N4O2/c1-18(2)29-28(34)31-24-15-9-7-13-21(24)27(33)32-17-16-22-25(19-10-4-3-5-11-19)30-23-14-8-6-12-20(23)26(22)32/h3-6,8,10,12,14,18-19,21-22,24-26,30H,7,9,11,13,15-17H2,1-2H3,(H2,29,31,34)/t19?,21-,22+,24+,25-,26-/m0/s1. The molecule has 2 fully saturated rings. The van der Waals surface area contributed by atoms with Crippen LogP contribution < -0.4 is 16.0 Å². The lowest BCUT2D eigenvalue weighted by atomic mass is 9.75. The number of rotatable bonds is 4. The molecular weight excluding hydrogens is 424 g/mol. The van der Waals surface area contributed by atoms with Crippen molar-refractivity contribution in [3.05, 3.63) is 54.1 Å². The number of nitrogens with zero attached hydrogens (tertiary/aromatic N) is 1. The molecule has 6 heteroatoms. The van der Waals surface area contributed by atoms with Crippen LogP contribution in [-0.4, -0.2) is 41.5 Å². The van der Waals surface area contributed by atoms with Gasteiger partial charge in [-0.15, -0.1) is 0 Å². The number of fused-ring (bicyclic) bond motifs is 3. The number of likely N-dealkylation sites (tertiary alicyclic amines) is 1. The Hall–Kier alpha value is -2.76. The summed E-state index contributed by atoms with van der Waals surface area (Å²) in [6.45, 7) is 4.69. The summed E-state index contributed by atoms with van der Waals surface area (Å²) in [6, 6.07) is 8.73. The molecule has 0 bridgehead atoms. The van der Waals surface area contributed by atoms with E-state index in [1.165, 1.54) is 5.56 Å². The second kappa shape index (κ2) is 9.85. The fourth-order valence-electron chi connectivity index (χ4n) is 6.59. The van der Waals surface area contributed by atoms with E-state index in [9.17, 15) is 9.59 Å². The molecule has 6 nitrogen and oxygen atoms in total. The van der Waals surface area contributed by atoms with Crippen LogP contribution in [0.2, 0.25) is 0 Å². The summed E-state index contributed by atoms with van der Waals surface area (Å²) in [6.07, 6.45) is 14.7. The van der Waals surface area contributed by atoms with Gasteiger partial charge in [0.25, 0.3) is 0 Å². The summed E-state index contributed by atoms with van der Waals surface area (Å²) in [5.74, 6) is 0.893. The number of carbonyl (C=O) groups is 2. The van der Waals surface area contributed by atoms with E-state index in [2.05, 4.69) is 69.4 Å². The minimum Gasteiger partial charge on any atom is -0.381 e. The molecule has 6 atom stereocenters. The molecule has 1 unspecified atom stereocenters. The second-order valence-electron chi connectivity index (χ2n) is 10.7. The molecule has 4 aliphatic rings. The average molecular weight is 463 g/mol. The van der Waals surface area contributed by atoms with Gasteiger partial charge in [-0.25, -0.2) is 4.79 Å². The maximum absolute atomic E-state index is 14.1. The van der Waals surface area contributed by atoms with E-state index in [1.807, 2.05) is 13.8 Å². The summed E-state index contributed by atoms with van der Waals surface area (Å²) >= 11 is 0. The zero-order chi connectivity index (χ0) is 23.7. The third kappa shape index (κ3) is 4.47. The van der Waals surface area contributed by atoms with E-state index in [1.54, 1.807) is 0 Å². The molecule has 0 aromatic heterocycles. The van der Waals surface area contributed by atoms with Gasteiger partial charge in [0.1, 0.15) is 0 Å². The Balaban J connectivity index is 1.39. The SMILES string of the molecule is CC(C)NC(=O)N[C@@H]1CCCC[C@@H]1C(=O)N1CC[C@@H]2[C@H](C3C=CC=CC3)Nc3ccccc3[C@@H]21. The molecule has 3 amide bonds. The first-order chi connectivity index (χ1) is 16.5. The fraction of sp³-hybridized carbons (Fsp3) is 0.571. The molecule has 2 aliphatic carbocycles.